The summed E-state index contributed by atoms with van der Waals surface area (Å²) in [5.41, 5.74) is 5.12. The smallest absolute Gasteiger partial charge is 0.748 e. The Morgan fingerprint density at radius 2 is 1.37 bits per heavy atom. The summed E-state index contributed by atoms with van der Waals surface area (Å²) in [7, 11) is -4.16. The summed E-state index contributed by atoms with van der Waals surface area (Å²) in [6.07, 6.45) is 3.92. The van der Waals surface area contributed by atoms with Gasteiger partial charge in [0.15, 0.2) is 0 Å². The minimum absolute atomic E-state index is 0. The summed E-state index contributed by atoms with van der Waals surface area (Å²) in [5, 5.41) is 9.83. The van der Waals surface area contributed by atoms with Crippen molar-refractivity contribution in [3.8, 4) is 11.5 Å². The van der Waals surface area contributed by atoms with Gasteiger partial charge in [0.25, 0.3) is 0 Å². The van der Waals surface area contributed by atoms with E-state index < -0.39 is 10.1 Å². The van der Waals surface area contributed by atoms with Crippen LogP contribution in [0.4, 0.5) is 0 Å². The van der Waals surface area contributed by atoms with E-state index in [1.807, 2.05) is 24.3 Å². The van der Waals surface area contributed by atoms with Crippen LogP contribution in [0, 0.1) is 6.92 Å². The first kappa shape index (κ1) is 32.4. The van der Waals surface area contributed by atoms with Gasteiger partial charge in [0.05, 0.1) is 16.7 Å². The van der Waals surface area contributed by atoms with E-state index in [1.54, 1.807) is 12.1 Å². The molecule has 0 aliphatic rings. The molecule has 0 saturated heterocycles. The van der Waals surface area contributed by atoms with Gasteiger partial charge in [-0.2, -0.15) is 0 Å². The van der Waals surface area contributed by atoms with Gasteiger partial charge in [-0.1, -0.05) is 67.9 Å². The van der Waals surface area contributed by atoms with Crippen molar-refractivity contribution in [2.45, 2.75) is 70.6 Å². The molecule has 3 aromatic carbocycles. The molecule has 0 spiro atoms. The Kier molecular flexibility index (Phi) is 13.4. The fourth-order valence-electron chi connectivity index (χ4n) is 4.86. The molecule has 0 amide bonds. The van der Waals surface area contributed by atoms with Gasteiger partial charge >= 0.3 is 29.6 Å². The van der Waals surface area contributed by atoms with E-state index >= 15 is 0 Å². The molecule has 5 nitrogen and oxygen atoms in total. The molecule has 0 aromatic heterocycles. The van der Waals surface area contributed by atoms with Crippen LogP contribution in [0.25, 0.3) is 0 Å². The van der Waals surface area contributed by atoms with Crippen LogP contribution in [-0.4, -0.2) is 30.4 Å². The van der Waals surface area contributed by atoms with Crippen LogP contribution in [0.2, 0.25) is 0 Å². The zero-order chi connectivity index (χ0) is 26.8. The van der Waals surface area contributed by atoms with E-state index in [9.17, 15) is 18.1 Å². The summed E-state index contributed by atoms with van der Waals surface area (Å²) in [6, 6.07) is 24.6. The van der Waals surface area contributed by atoms with Crippen LogP contribution in [0.15, 0.2) is 72.8 Å². The van der Waals surface area contributed by atoms with Crippen LogP contribution >= 0.6 is 0 Å². The zero-order valence-corrected chi connectivity index (χ0v) is 25.9. The fraction of sp³-hybridized carbons (Fsp3) is 0.419. The summed E-state index contributed by atoms with van der Waals surface area (Å²) in [5.74, 6) is 1.80. The van der Waals surface area contributed by atoms with Gasteiger partial charge in [-0.05, 0) is 97.7 Å². The van der Waals surface area contributed by atoms with Gasteiger partial charge in [-0.3, -0.25) is 0 Å². The number of benzene rings is 3. The molecule has 38 heavy (non-hydrogen) atoms. The van der Waals surface area contributed by atoms with Gasteiger partial charge in [-0.15, -0.1) is 0 Å². The molecule has 0 aliphatic heterocycles. The third-order valence-electron chi connectivity index (χ3n) is 7.12. The quantitative estimate of drug-likeness (QED) is 0.185. The van der Waals surface area contributed by atoms with Crippen LogP contribution in [0.5, 0.6) is 11.5 Å². The number of phenolic OH excluding ortho intramolecular Hbond substituents is 1. The van der Waals surface area contributed by atoms with Crippen LogP contribution < -0.4 is 34.3 Å². The standard InChI is InChI=1S/C31H40O5S.Na/c1-4-25(27-9-7-23(2)8-10-27)22-29(28-11-15-30(32)16-12-28)21-24(3)26-13-17-31(18-14-26)36-19-5-6-20-37(33,34)35;/h7-18,24-25,29,32H,4-6,19-22H2,1-3H3,(H,33,34,35);/q;+1/p-1. The summed E-state index contributed by atoms with van der Waals surface area (Å²) < 4.78 is 37.8. The predicted molar refractivity (Wildman–Crippen MR) is 148 cm³/mol. The van der Waals surface area contributed by atoms with E-state index in [2.05, 4.69) is 57.2 Å². The number of aromatic hydroxyl groups is 1. The first-order valence-electron chi connectivity index (χ1n) is 13.2. The van der Waals surface area contributed by atoms with Crippen molar-refractivity contribution in [1.82, 2.24) is 0 Å². The number of aryl methyl sites for hydroxylation is 1. The van der Waals surface area contributed by atoms with Crippen molar-refractivity contribution < 1.29 is 52.4 Å². The molecular weight excluding hydrogens is 507 g/mol. The second-order valence-corrected chi connectivity index (χ2v) is 11.6. The minimum Gasteiger partial charge on any atom is -0.748 e. The summed E-state index contributed by atoms with van der Waals surface area (Å²) in [6.45, 7) is 6.99. The third kappa shape index (κ3) is 10.7. The molecule has 0 fully saturated rings. The largest absolute Gasteiger partial charge is 1.00 e. The molecule has 3 unspecified atom stereocenters. The monoisotopic (exact) mass is 546 g/mol. The minimum atomic E-state index is -4.16. The SMILES string of the molecule is CCC(CC(CC(C)c1ccc(OCCCCS(=O)(=O)[O-])cc1)c1ccc(O)cc1)c1ccc(C)cc1.[Na+]. The zero-order valence-electron chi connectivity index (χ0n) is 23.1. The molecule has 0 saturated carbocycles. The third-order valence-corrected chi connectivity index (χ3v) is 7.91. The van der Waals surface area contributed by atoms with Crippen molar-refractivity contribution in [3.63, 3.8) is 0 Å². The summed E-state index contributed by atoms with van der Waals surface area (Å²) >= 11 is 0. The first-order chi connectivity index (χ1) is 17.6. The molecule has 200 valence electrons. The summed E-state index contributed by atoms with van der Waals surface area (Å²) in [4.78, 5) is 0. The van der Waals surface area contributed by atoms with Gasteiger partial charge < -0.3 is 14.4 Å². The number of hydrogen-bond donors (Lipinski definition) is 1. The van der Waals surface area contributed by atoms with E-state index in [4.69, 9.17) is 4.74 Å². The normalized spacial score (nSPS) is 13.8. The van der Waals surface area contributed by atoms with E-state index in [0.29, 0.717) is 37.2 Å². The average Bonchev–Trinajstić information content (AvgIpc) is 2.87. The molecule has 0 radical (unpaired) electrons. The number of unbranched alkanes of at least 4 members (excludes halogenated alkanes) is 1. The second kappa shape index (κ2) is 15.7. The van der Waals surface area contributed by atoms with Crippen molar-refractivity contribution >= 4 is 10.1 Å². The number of ether oxygens (including phenoxy) is 1. The van der Waals surface area contributed by atoms with Gasteiger partial charge in [-0.25, -0.2) is 8.42 Å². The fourth-order valence-corrected chi connectivity index (χ4v) is 5.42. The number of phenols is 1. The van der Waals surface area contributed by atoms with Gasteiger partial charge in [0.2, 0.25) is 0 Å². The Morgan fingerprint density at radius 1 is 0.816 bits per heavy atom. The van der Waals surface area contributed by atoms with E-state index in [-0.39, 0.29) is 41.1 Å². The molecule has 3 aromatic rings. The van der Waals surface area contributed by atoms with Crippen molar-refractivity contribution in [1.29, 1.82) is 0 Å². The topological polar surface area (TPSA) is 86.7 Å². The van der Waals surface area contributed by atoms with Crippen molar-refractivity contribution in [2.75, 3.05) is 12.4 Å². The predicted octanol–water partition coefficient (Wildman–Crippen LogP) is 4.27. The number of rotatable bonds is 14. The molecule has 7 heteroatoms. The molecule has 0 bridgehead atoms. The molecular formula is C31H39NaO5S. The Morgan fingerprint density at radius 3 is 1.95 bits per heavy atom. The van der Waals surface area contributed by atoms with Crippen LogP contribution in [-0.2, 0) is 10.1 Å². The van der Waals surface area contributed by atoms with E-state index in [1.165, 1.54) is 22.3 Å². The maximum atomic E-state index is 10.7. The van der Waals surface area contributed by atoms with Gasteiger partial charge in [0, 0.05) is 5.75 Å². The molecule has 0 heterocycles. The number of hydrogen-bond acceptors (Lipinski definition) is 5. The second-order valence-electron chi connectivity index (χ2n) is 10.1. The van der Waals surface area contributed by atoms with E-state index in [0.717, 1.165) is 25.0 Å². The van der Waals surface area contributed by atoms with Gasteiger partial charge in [0.1, 0.15) is 11.5 Å². The molecule has 0 aliphatic carbocycles. The first-order valence-corrected chi connectivity index (χ1v) is 14.7. The Labute approximate surface area is 250 Å². The van der Waals surface area contributed by atoms with Crippen molar-refractivity contribution in [2.24, 2.45) is 0 Å². The van der Waals surface area contributed by atoms with Crippen LogP contribution in [0.1, 0.15) is 86.0 Å². The average molecular weight is 547 g/mol. The van der Waals surface area contributed by atoms with Crippen LogP contribution in [0.3, 0.4) is 0 Å². The molecule has 1 N–H and O–H groups in total. The Hall–Kier alpha value is -1.83. The maximum Gasteiger partial charge on any atom is 1.00 e. The Balaban J connectivity index is 0.00000507. The molecule has 3 atom stereocenters. The van der Waals surface area contributed by atoms with Crippen molar-refractivity contribution in [3.05, 3.63) is 95.1 Å². The Bertz CT molecular complexity index is 1190. The maximum absolute atomic E-state index is 10.7. The molecule has 3 rings (SSSR count).